The van der Waals surface area contributed by atoms with Crippen LogP contribution in [0.3, 0.4) is 0 Å². The first-order valence-corrected chi connectivity index (χ1v) is 22.3. The molecule has 0 radical (unpaired) electrons. The quantitative estimate of drug-likeness (QED) is 0.156. The van der Waals surface area contributed by atoms with E-state index in [9.17, 15) is 0 Å². The van der Waals surface area contributed by atoms with Gasteiger partial charge in [-0.2, -0.15) is 17.2 Å². The van der Waals surface area contributed by atoms with Crippen molar-refractivity contribution in [2.45, 2.75) is 128 Å². The fourth-order valence-corrected chi connectivity index (χ4v) is 9.42. The summed E-state index contributed by atoms with van der Waals surface area (Å²) in [6, 6.07) is 27.5. The number of rotatable bonds is 2. The van der Waals surface area contributed by atoms with Crippen molar-refractivity contribution >= 4 is 14.4 Å². The molecule has 0 aromatic heterocycles. The third kappa shape index (κ3) is 10.5. The summed E-state index contributed by atoms with van der Waals surface area (Å²) < 4.78 is 1.42. The summed E-state index contributed by atoms with van der Waals surface area (Å²) in [6.07, 6.45) is 15.1. The first-order valence-electron chi connectivity index (χ1n) is 21.1. The SMILES string of the molecule is CC(C)(C)C1=[C-]C(C)(C)c2cc3c(cc21)-c1cc2c(cc1C3)C(C)(C)C=C2C(C)(C)C.CC1[C-]=CC(C(C)(C)C)=C1.Cc1ccc([C](=[Zr+2])c2ccc(C)cc2)cc1.[Cl-].[Cl-]. The Morgan fingerprint density at radius 2 is 1.10 bits per heavy atom. The molecule has 4 aliphatic rings. The smallest absolute Gasteiger partial charge is 1.00 e. The number of aryl methyl sites for hydroxylation is 2. The molecule has 59 heavy (non-hydrogen) atoms. The van der Waals surface area contributed by atoms with Crippen molar-refractivity contribution < 1.29 is 49.0 Å². The molecule has 0 N–H and O–H groups in total. The van der Waals surface area contributed by atoms with E-state index in [1.165, 1.54) is 111 Å². The van der Waals surface area contributed by atoms with E-state index in [2.05, 4.69) is 214 Å². The maximum atomic E-state index is 3.85. The van der Waals surface area contributed by atoms with Crippen LogP contribution in [0.15, 0.2) is 96.6 Å². The van der Waals surface area contributed by atoms with Crippen molar-refractivity contribution in [3.05, 3.63) is 164 Å². The summed E-state index contributed by atoms with van der Waals surface area (Å²) in [5, 5.41) is 0. The molecule has 8 rings (SSSR count). The van der Waals surface area contributed by atoms with Crippen LogP contribution in [0.4, 0.5) is 0 Å². The molecule has 0 aliphatic heterocycles. The molecule has 0 saturated carbocycles. The average molecular weight is 901 g/mol. The van der Waals surface area contributed by atoms with Crippen molar-refractivity contribution in [2.24, 2.45) is 22.2 Å². The van der Waals surface area contributed by atoms with Crippen LogP contribution in [-0.4, -0.2) is 3.21 Å². The minimum atomic E-state index is -0.0202. The van der Waals surface area contributed by atoms with Gasteiger partial charge < -0.3 is 24.8 Å². The van der Waals surface area contributed by atoms with Crippen LogP contribution in [0.1, 0.15) is 153 Å². The number of hydrogen-bond acceptors (Lipinski definition) is 0. The van der Waals surface area contributed by atoms with Crippen LogP contribution in [0.2, 0.25) is 0 Å². The number of fused-ring (bicyclic) bond motifs is 5. The van der Waals surface area contributed by atoms with Gasteiger partial charge in [0, 0.05) is 5.41 Å². The molecule has 1 unspecified atom stereocenters. The third-order valence-electron chi connectivity index (χ3n) is 12.1. The van der Waals surface area contributed by atoms with Gasteiger partial charge in [-0.15, -0.1) is 11.6 Å². The van der Waals surface area contributed by atoms with Gasteiger partial charge in [0.2, 0.25) is 0 Å². The first kappa shape index (κ1) is 48.8. The van der Waals surface area contributed by atoms with E-state index >= 15 is 0 Å². The summed E-state index contributed by atoms with van der Waals surface area (Å²) in [7, 11) is 0. The number of allylic oxidation sites excluding steroid dienone is 8. The Labute approximate surface area is 386 Å². The van der Waals surface area contributed by atoms with Gasteiger partial charge in [0.05, 0.1) is 0 Å². The van der Waals surface area contributed by atoms with Gasteiger partial charge in [-0.3, -0.25) is 12.2 Å². The van der Waals surface area contributed by atoms with Crippen molar-refractivity contribution in [3.63, 3.8) is 0 Å². The molecule has 0 nitrogen and oxygen atoms in total. The maximum absolute atomic E-state index is 3.85. The van der Waals surface area contributed by atoms with E-state index in [1.54, 1.807) is 0 Å². The molecule has 0 fully saturated rings. The molecule has 4 aromatic carbocycles. The first-order chi connectivity index (χ1) is 26.3. The number of benzene rings is 4. The Kier molecular flexibility index (Phi) is 14.5. The molecule has 4 aliphatic carbocycles. The van der Waals surface area contributed by atoms with E-state index in [0.29, 0.717) is 11.3 Å². The normalized spacial score (nSPS) is 17.6. The van der Waals surface area contributed by atoms with Crippen LogP contribution in [0.25, 0.3) is 22.3 Å². The molecule has 310 valence electrons. The summed E-state index contributed by atoms with van der Waals surface area (Å²) in [6.45, 7) is 36.4. The Morgan fingerprint density at radius 1 is 0.627 bits per heavy atom. The Bertz CT molecular complexity index is 2190. The molecule has 1 atom stereocenters. The van der Waals surface area contributed by atoms with Crippen LogP contribution in [0.5, 0.6) is 0 Å². The van der Waals surface area contributed by atoms with Crippen LogP contribution < -0.4 is 24.8 Å². The maximum Gasteiger partial charge on any atom is -1.00 e. The molecule has 0 spiro atoms. The fourth-order valence-electron chi connectivity index (χ4n) is 8.60. The second-order valence-electron chi connectivity index (χ2n) is 21.3. The Hall–Kier alpha value is -2.83. The van der Waals surface area contributed by atoms with E-state index in [0.717, 1.165) is 6.42 Å². The van der Waals surface area contributed by atoms with Crippen LogP contribution in [-0.2, 0) is 41.5 Å². The van der Waals surface area contributed by atoms with E-state index in [4.69, 9.17) is 0 Å². The summed E-state index contributed by atoms with van der Waals surface area (Å²) in [5.74, 6) is 0.522. The van der Waals surface area contributed by atoms with Gasteiger partial charge in [-0.25, -0.2) is 11.6 Å². The van der Waals surface area contributed by atoms with E-state index in [1.807, 2.05) is 0 Å². The molecule has 0 bridgehead atoms. The van der Waals surface area contributed by atoms with Gasteiger partial charge in [0.1, 0.15) is 0 Å². The predicted molar refractivity (Wildman–Crippen MR) is 244 cm³/mol. The predicted octanol–water partition coefficient (Wildman–Crippen LogP) is 8.90. The van der Waals surface area contributed by atoms with E-state index in [-0.39, 0.29) is 46.5 Å². The summed E-state index contributed by atoms with van der Waals surface area (Å²) in [4.78, 5) is 0. The zero-order valence-electron chi connectivity index (χ0n) is 38.7. The van der Waals surface area contributed by atoms with Crippen molar-refractivity contribution in [3.8, 4) is 11.1 Å². The molecule has 0 heterocycles. The van der Waals surface area contributed by atoms with Crippen molar-refractivity contribution in [1.29, 1.82) is 0 Å². The monoisotopic (exact) mass is 898 g/mol. The zero-order chi connectivity index (χ0) is 42.0. The van der Waals surface area contributed by atoms with Crippen LogP contribution >= 0.6 is 0 Å². The second kappa shape index (κ2) is 17.5. The minimum absolute atomic E-state index is 0. The topological polar surface area (TPSA) is 0 Å². The van der Waals surface area contributed by atoms with Gasteiger partial charge in [0.15, 0.2) is 0 Å². The molecule has 0 amide bonds. The average Bonchev–Trinajstić information content (AvgIpc) is 3.84. The molecule has 4 aromatic rings. The minimum Gasteiger partial charge on any atom is -1.00 e. The Morgan fingerprint density at radius 3 is 1.51 bits per heavy atom. The molecule has 0 saturated heterocycles. The largest absolute Gasteiger partial charge is 1.00 e. The zero-order valence-corrected chi connectivity index (χ0v) is 42.7. The molecule has 3 heteroatoms. The van der Waals surface area contributed by atoms with Gasteiger partial charge >= 0.3 is 112 Å². The Balaban J connectivity index is 0.000000229. The summed E-state index contributed by atoms with van der Waals surface area (Å²) >= 11 is 1.46. The standard InChI is InChI=1S/C31H37.C15H14.C10H15.2ClH.Zr/c1-28(2,3)26-16-30(7,8)24-12-18-11-19-13-25-23(15-21(19)20(18)14-22(24)26)27(29(4,5)6)17-31(25,9)10;1-12-3-7-14(8-4-12)11-15-9-5-13(2)6-10-15;1-8-5-6-9(7-8)10(2,3)4;;;/h12-16H,11H2,1-10H3;3-10H,1-2H3;6-8H,1-4H3;2*1H;/q-1;;-1;;;+2/p-2. The fraction of sp³-hybridized carbons (Fsp3) is 0.411. The number of halogens is 2. The van der Waals surface area contributed by atoms with Crippen molar-refractivity contribution in [1.82, 2.24) is 0 Å². The van der Waals surface area contributed by atoms with Crippen LogP contribution in [0, 0.1) is 48.2 Å². The van der Waals surface area contributed by atoms with Gasteiger partial charge in [-0.05, 0) is 62.3 Å². The van der Waals surface area contributed by atoms with E-state index < -0.39 is 0 Å². The summed E-state index contributed by atoms with van der Waals surface area (Å²) in [5.41, 5.74) is 21.9. The van der Waals surface area contributed by atoms with Gasteiger partial charge in [0.25, 0.3) is 0 Å². The van der Waals surface area contributed by atoms with Gasteiger partial charge in [-0.1, -0.05) is 132 Å². The molecular formula is C56H66Cl2Zr-2. The third-order valence-corrected chi connectivity index (χ3v) is 13.5. The molecular weight excluding hydrogens is 835 g/mol. The van der Waals surface area contributed by atoms with Crippen molar-refractivity contribution in [2.75, 3.05) is 0 Å². The number of hydrogen-bond donors (Lipinski definition) is 0. The second-order valence-corrected chi connectivity index (χ2v) is 22.5.